The molecule has 0 fully saturated rings. The first-order valence-corrected chi connectivity index (χ1v) is 7.50. The minimum Gasteiger partial charge on any atom is -0.309 e. The van der Waals surface area contributed by atoms with Gasteiger partial charge in [-0.3, -0.25) is 0 Å². The smallest absolute Gasteiger partial charge is 0.000676 e. The average molecular weight is 261 g/mol. The van der Waals surface area contributed by atoms with Crippen LogP contribution in [0.25, 0.3) is 0 Å². The Kier molecular flexibility index (Phi) is 5.61. The molecule has 0 unspecified atom stereocenters. The quantitative estimate of drug-likeness (QED) is 0.744. The summed E-state index contributed by atoms with van der Waals surface area (Å²) in [5, 5.41) is 0. The van der Waals surface area contributed by atoms with Gasteiger partial charge >= 0.3 is 0 Å². The summed E-state index contributed by atoms with van der Waals surface area (Å²) in [5.41, 5.74) is 3.18. The zero-order valence-corrected chi connectivity index (χ0v) is 13.8. The molecule has 0 amide bonds. The molecule has 0 aromatic heterocycles. The molecule has 0 saturated carbocycles. The molecule has 1 aromatic carbocycles. The highest BCUT2D eigenvalue weighted by Crippen LogP contribution is 2.31. The van der Waals surface area contributed by atoms with E-state index in [1.165, 1.54) is 17.5 Å². The average Bonchev–Trinajstić information content (AvgIpc) is 2.28. The molecule has 0 radical (unpaired) electrons. The van der Waals surface area contributed by atoms with Gasteiger partial charge in [0.2, 0.25) is 0 Å². The predicted molar refractivity (Wildman–Crippen MR) is 85.9 cm³/mol. The molecule has 2 atom stereocenters. The zero-order valence-electron chi connectivity index (χ0n) is 13.8. The van der Waals surface area contributed by atoms with Gasteiger partial charge in [0.05, 0.1) is 0 Å². The van der Waals surface area contributed by atoms with Crippen molar-refractivity contribution in [1.82, 2.24) is 4.90 Å². The van der Waals surface area contributed by atoms with E-state index < -0.39 is 0 Å². The van der Waals surface area contributed by atoms with E-state index in [0.717, 1.165) is 6.54 Å². The third-order valence-corrected chi connectivity index (χ3v) is 3.96. The summed E-state index contributed by atoms with van der Waals surface area (Å²) in [6, 6.07) is 9.20. The first-order chi connectivity index (χ1) is 8.75. The Labute approximate surface area is 120 Å². The van der Waals surface area contributed by atoms with Crippen LogP contribution in [-0.2, 0) is 5.41 Å². The molecule has 0 aliphatic rings. The van der Waals surface area contributed by atoms with Gasteiger partial charge in [0.25, 0.3) is 0 Å². The summed E-state index contributed by atoms with van der Waals surface area (Å²) in [4.78, 5) is 2.29. The van der Waals surface area contributed by atoms with Gasteiger partial charge in [0.1, 0.15) is 0 Å². The lowest BCUT2D eigenvalue weighted by atomic mass is 9.80. The van der Waals surface area contributed by atoms with Crippen molar-refractivity contribution in [3.63, 3.8) is 0 Å². The monoisotopic (exact) mass is 261 g/mol. The molecule has 1 nitrogen and oxygen atoms in total. The SMILES string of the molecule is CC[C@@H](c1cccc(C(C)(C)C)c1)[C@@H](C)CN(C)C. The van der Waals surface area contributed by atoms with E-state index in [9.17, 15) is 0 Å². The fourth-order valence-corrected chi connectivity index (χ4v) is 2.91. The summed E-state index contributed by atoms with van der Waals surface area (Å²) in [6.45, 7) is 12.7. The lowest BCUT2D eigenvalue weighted by molar-refractivity contribution is 0.301. The Balaban J connectivity index is 2.99. The van der Waals surface area contributed by atoms with Gasteiger partial charge in [-0.25, -0.2) is 0 Å². The van der Waals surface area contributed by atoms with E-state index >= 15 is 0 Å². The molecule has 0 aliphatic carbocycles. The van der Waals surface area contributed by atoms with Crippen LogP contribution in [0.2, 0.25) is 0 Å². The van der Waals surface area contributed by atoms with Gasteiger partial charge in [-0.05, 0) is 48.9 Å². The number of nitrogens with zero attached hydrogens (tertiary/aromatic N) is 1. The van der Waals surface area contributed by atoms with Crippen LogP contribution in [0.1, 0.15) is 58.1 Å². The van der Waals surface area contributed by atoms with Crippen molar-refractivity contribution in [3.05, 3.63) is 35.4 Å². The van der Waals surface area contributed by atoms with E-state index in [-0.39, 0.29) is 5.41 Å². The number of rotatable bonds is 5. The molecule has 1 aromatic rings. The maximum Gasteiger partial charge on any atom is 0.000676 e. The van der Waals surface area contributed by atoms with Crippen LogP contribution in [0.3, 0.4) is 0 Å². The molecule has 0 bridgehead atoms. The molecule has 0 heterocycles. The first-order valence-electron chi connectivity index (χ1n) is 7.50. The fraction of sp³-hybridized carbons (Fsp3) is 0.667. The van der Waals surface area contributed by atoms with Crippen LogP contribution >= 0.6 is 0 Å². The van der Waals surface area contributed by atoms with Crippen molar-refractivity contribution in [2.75, 3.05) is 20.6 Å². The second kappa shape index (κ2) is 6.56. The third-order valence-electron chi connectivity index (χ3n) is 3.96. The van der Waals surface area contributed by atoms with Gasteiger partial charge < -0.3 is 4.90 Å². The highest BCUT2D eigenvalue weighted by Gasteiger charge is 2.20. The molecule has 0 N–H and O–H groups in total. The van der Waals surface area contributed by atoms with Crippen LogP contribution in [0.4, 0.5) is 0 Å². The van der Waals surface area contributed by atoms with E-state index in [0.29, 0.717) is 11.8 Å². The Morgan fingerprint density at radius 1 is 1.16 bits per heavy atom. The van der Waals surface area contributed by atoms with Crippen molar-refractivity contribution in [2.24, 2.45) is 5.92 Å². The Morgan fingerprint density at radius 2 is 1.79 bits per heavy atom. The van der Waals surface area contributed by atoms with Crippen molar-refractivity contribution in [3.8, 4) is 0 Å². The normalized spacial score (nSPS) is 15.6. The summed E-state index contributed by atoms with van der Waals surface area (Å²) in [5.74, 6) is 1.35. The standard InChI is InChI=1S/C18H31N/c1-8-17(14(2)13-19(6)7)15-10-9-11-16(12-15)18(3,4)5/h9-12,14,17H,8,13H2,1-7H3/t14-,17+/m0/s1. The lowest BCUT2D eigenvalue weighted by Gasteiger charge is -2.28. The molecule has 0 aliphatic heterocycles. The highest BCUT2D eigenvalue weighted by molar-refractivity contribution is 5.31. The van der Waals surface area contributed by atoms with Crippen molar-refractivity contribution in [2.45, 2.75) is 52.4 Å². The summed E-state index contributed by atoms with van der Waals surface area (Å²) in [7, 11) is 4.32. The zero-order chi connectivity index (χ0) is 14.6. The number of hydrogen-bond acceptors (Lipinski definition) is 1. The Hall–Kier alpha value is -0.820. The second-order valence-corrected chi connectivity index (χ2v) is 7.13. The van der Waals surface area contributed by atoms with Crippen LogP contribution < -0.4 is 0 Å². The first kappa shape index (κ1) is 16.2. The van der Waals surface area contributed by atoms with E-state index in [2.05, 4.69) is 77.9 Å². The maximum absolute atomic E-state index is 2.42. The molecular weight excluding hydrogens is 230 g/mol. The van der Waals surface area contributed by atoms with Gasteiger partial charge in [0, 0.05) is 6.54 Å². The lowest BCUT2D eigenvalue weighted by Crippen LogP contribution is -2.24. The minimum atomic E-state index is 0.235. The number of hydrogen-bond donors (Lipinski definition) is 0. The minimum absolute atomic E-state index is 0.235. The van der Waals surface area contributed by atoms with Crippen LogP contribution in [-0.4, -0.2) is 25.5 Å². The van der Waals surface area contributed by atoms with Crippen LogP contribution in [0, 0.1) is 5.92 Å². The molecule has 0 spiro atoms. The van der Waals surface area contributed by atoms with Crippen molar-refractivity contribution in [1.29, 1.82) is 0 Å². The Morgan fingerprint density at radius 3 is 2.26 bits per heavy atom. The molecule has 1 rings (SSSR count). The second-order valence-electron chi connectivity index (χ2n) is 7.13. The van der Waals surface area contributed by atoms with Crippen molar-refractivity contribution < 1.29 is 0 Å². The van der Waals surface area contributed by atoms with Gasteiger partial charge in [-0.2, -0.15) is 0 Å². The summed E-state index contributed by atoms with van der Waals surface area (Å²) in [6.07, 6.45) is 1.21. The van der Waals surface area contributed by atoms with Gasteiger partial charge in [0.15, 0.2) is 0 Å². The molecule has 108 valence electrons. The Bertz CT molecular complexity index is 387. The third kappa shape index (κ3) is 4.65. The van der Waals surface area contributed by atoms with Crippen molar-refractivity contribution >= 4 is 0 Å². The number of benzene rings is 1. The predicted octanol–water partition coefficient (Wildman–Crippen LogP) is 4.68. The fourth-order valence-electron chi connectivity index (χ4n) is 2.91. The maximum atomic E-state index is 2.42. The largest absolute Gasteiger partial charge is 0.309 e. The van der Waals surface area contributed by atoms with Gasteiger partial charge in [-0.15, -0.1) is 0 Å². The van der Waals surface area contributed by atoms with E-state index in [4.69, 9.17) is 0 Å². The summed E-state index contributed by atoms with van der Waals surface area (Å²) >= 11 is 0. The topological polar surface area (TPSA) is 3.24 Å². The van der Waals surface area contributed by atoms with E-state index in [1.54, 1.807) is 0 Å². The van der Waals surface area contributed by atoms with Gasteiger partial charge in [-0.1, -0.05) is 58.9 Å². The highest BCUT2D eigenvalue weighted by atomic mass is 15.1. The molecule has 0 saturated heterocycles. The molecule has 1 heteroatoms. The van der Waals surface area contributed by atoms with Crippen LogP contribution in [0.15, 0.2) is 24.3 Å². The van der Waals surface area contributed by atoms with E-state index in [1.807, 2.05) is 0 Å². The molecule has 19 heavy (non-hydrogen) atoms. The molecular formula is C18H31N. The summed E-state index contributed by atoms with van der Waals surface area (Å²) < 4.78 is 0. The van der Waals surface area contributed by atoms with Crippen LogP contribution in [0.5, 0.6) is 0 Å².